The van der Waals surface area contributed by atoms with Gasteiger partial charge < -0.3 is 5.11 Å². The first-order chi connectivity index (χ1) is 14.4. The Morgan fingerprint density at radius 3 is 2.30 bits per heavy atom. The Labute approximate surface area is 178 Å². The van der Waals surface area contributed by atoms with Gasteiger partial charge in [-0.3, -0.25) is 14.5 Å². The van der Waals surface area contributed by atoms with Crippen LogP contribution in [0.1, 0.15) is 48.1 Å². The lowest BCUT2D eigenvalue weighted by Gasteiger charge is -2.23. The minimum absolute atomic E-state index is 0.0522. The number of ketones is 1. The van der Waals surface area contributed by atoms with E-state index in [-0.39, 0.29) is 11.3 Å². The molecule has 1 aliphatic rings. The largest absolute Gasteiger partial charge is 0.507 e. The first kappa shape index (κ1) is 20.0. The molecule has 1 aliphatic heterocycles. The summed E-state index contributed by atoms with van der Waals surface area (Å²) in [6, 6.07) is 14.1. The second-order valence-corrected chi connectivity index (χ2v) is 8.39. The third-order valence-corrected chi connectivity index (χ3v) is 5.93. The van der Waals surface area contributed by atoms with Crippen molar-refractivity contribution in [1.82, 2.24) is 10.2 Å². The molecule has 2 aromatic carbocycles. The van der Waals surface area contributed by atoms with Gasteiger partial charge in [0.2, 0.25) is 5.13 Å². The molecule has 0 unspecified atom stereocenters. The molecule has 0 bridgehead atoms. The molecule has 6 nitrogen and oxygen atoms in total. The molecule has 1 fully saturated rings. The molecular weight excluding hydrogens is 398 g/mol. The summed E-state index contributed by atoms with van der Waals surface area (Å²) in [4.78, 5) is 27.3. The third kappa shape index (κ3) is 3.41. The molecule has 1 saturated heterocycles. The van der Waals surface area contributed by atoms with Crippen LogP contribution in [0.15, 0.2) is 59.6 Å². The lowest BCUT2D eigenvalue weighted by Crippen LogP contribution is -2.29. The van der Waals surface area contributed by atoms with Crippen molar-refractivity contribution in [2.24, 2.45) is 0 Å². The molecule has 3 aromatic rings. The number of benzene rings is 2. The van der Waals surface area contributed by atoms with Gasteiger partial charge in [-0.25, -0.2) is 0 Å². The van der Waals surface area contributed by atoms with Crippen LogP contribution in [0.5, 0.6) is 0 Å². The number of aryl methyl sites for hydroxylation is 1. The van der Waals surface area contributed by atoms with Crippen LogP contribution in [0, 0.1) is 6.92 Å². The average Bonchev–Trinajstić information content (AvgIpc) is 3.35. The molecule has 0 spiro atoms. The summed E-state index contributed by atoms with van der Waals surface area (Å²) in [6.45, 7) is 6.13. The van der Waals surface area contributed by atoms with Crippen LogP contribution in [-0.2, 0) is 9.59 Å². The van der Waals surface area contributed by atoms with Crippen molar-refractivity contribution in [2.45, 2.75) is 32.7 Å². The van der Waals surface area contributed by atoms with E-state index in [1.165, 1.54) is 21.7 Å². The highest BCUT2D eigenvalue weighted by atomic mass is 32.1. The summed E-state index contributed by atoms with van der Waals surface area (Å²) in [6.07, 6.45) is 0. The number of aromatic nitrogens is 2. The van der Waals surface area contributed by atoms with Crippen LogP contribution >= 0.6 is 11.3 Å². The number of rotatable bonds is 4. The molecule has 1 amide bonds. The van der Waals surface area contributed by atoms with Crippen LogP contribution in [0.3, 0.4) is 0 Å². The number of carbonyl (C=O) groups excluding carboxylic acids is 2. The van der Waals surface area contributed by atoms with E-state index >= 15 is 0 Å². The molecule has 0 aliphatic carbocycles. The van der Waals surface area contributed by atoms with Gasteiger partial charge in [-0.15, -0.1) is 10.2 Å². The molecule has 0 saturated carbocycles. The molecule has 7 heteroatoms. The van der Waals surface area contributed by atoms with Gasteiger partial charge >= 0.3 is 5.91 Å². The lowest BCUT2D eigenvalue weighted by atomic mass is 9.93. The van der Waals surface area contributed by atoms with Gasteiger partial charge in [-0.05, 0) is 24.0 Å². The zero-order chi connectivity index (χ0) is 21.4. The second kappa shape index (κ2) is 7.84. The van der Waals surface area contributed by atoms with E-state index < -0.39 is 17.7 Å². The SMILES string of the molecule is Cc1ccc(/C(O)=C2\C(=O)C(=O)N(c3nncs3)[C@H]2c2ccc(C(C)C)cc2)cc1. The van der Waals surface area contributed by atoms with Crippen molar-refractivity contribution in [1.29, 1.82) is 0 Å². The minimum atomic E-state index is -0.777. The van der Waals surface area contributed by atoms with Crippen molar-refractivity contribution in [3.63, 3.8) is 0 Å². The van der Waals surface area contributed by atoms with Crippen molar-refractivity contribution in [2.75, 3.05) is 4.90 Å². The molecular formula is C23H21N3O3S. The number of hydrogen-bond donors (Lipinski definition) is 1. The molecule has 1 N–H and O–H groups in total. The van der Waals surface area contributed by atoms with Crippen LogP contribution in [-0.4, -0.2) is 27.0 Å². The van der Waals surface area contributed by atoms with Crippen molar-refractivity contribution >= 4 is 33.9 Å². The molecule has 0 radical (unpaired) electrons. The van der Waals surface area contributed by atoms with Gasteiger partial charge in [-0.2, -0.15) is 0 Å². The fraction of sp³-hybridized carbons (Fsp3) is 0.217. The number of amides is 1. The van der Waals surface area contributed by atoms with E-state index in [1.807, 2.05) is 43.3 Å². The highest BCUT2D eigenvalue weighted by molar-refractivity contribution is 7.13. The maximum absolute atomic E-state index is 13.0. The summed E-state index contributed by atoms with van der Waals surface area (Å²) in [7, 11) is 0. The number of nitrogens with zero attached hydrogens (tertiary/aromatic N) is 3. The first-order valence-electron chi connectivity index (χ1n) is 9.62. The van der Waals surface area contributed by atoms with E-state index in [0.717, 1.165) is 16.7 Å². The van der Waals surface area contributed by atoms with Crippen molar-refractivity contribution < 1.29 is 14.7 Å². The molecule has 30 heavy (non-hydrogen) atoms. The topological polar surface area (TPSA) is 83.4 Å². The van der Waals surface area contributed by atoms with Gasteiger partial charge in [0.25, 0.3) is 5.78 Å². The Balaban J connectivity index is 1.90. The second-order valence-electron chi connectivity index (χ2n) is 7.58. The number of aliphatic hydroxyl groups is 1. The van der Waals surface area contributed by atoms with Crippen LogP contribution in [0.2, 0.25) is 0 Å². The van der Waals surface area contributed by atoms with Gasteiger partial charge in [-0.1, -0.05) is 79.3 Å². The molecule has 2 heterocycles. The Bertz CT molecular complexity index is 1120. The Morgan fingerprint density at radius 2 is 1.73 bits per heavy atom. The fourth-order valence-corrected chi connectivity index (χ4v) is 4.13. The summed E-state index contributed by atoms with van der Waals surface area (Å²) in [5.74, 6) is -1.31. The zero-order valence-electron chi connectivity index (χ0n) is 16.9. The van der Waals surface area contributed by atoms with Crippen LogP contribution in [0.4, 0.5) is 5.13 Å². The number of carbonyl (C=O) groups is 2. The van der Waals surface area contributed by atoms with E-state index in [9.17, 15) is 14.7 Å². The number of Topliss-reactive ketones (excluding diaryl/α,β-unsaturated/α-hetero) is 1. The molecule has 1 atom stereocenters. The van der Waals surface area contributed by atoms with Gasteiger partial charge in [0.1, 0.15) is 11.3 Å². The summed E-state index contributed by atoms with van der Waals surface area (Å²) >= 11 is 1.17. The minimum Gasteiger partial charge on any atom is -0.507 e. The van der Waals surface area contributed by atoms with Gasteiger partial charge in [0.15, 0.2) is 0 Å². The maximum Gasteiger partial charge on any atom is 0.301 e. The van der Waals surface area contributed by atoms with E-state index in [2.05, 4.69) is 24.0 Å². The van der Waals surface area contributed by atoms with Crippen LogP contribution < -0.4 is 4.90 Å². The maximum atomic E-state index is 13.0. The molecule has 4 rings (SSSR count). The summed E-state index contributed by atoms with van der Waals surface area (Å²) < 4.78 is 0. The number of anilines is 1. The number of aliphatic hydroxyl groups excluding tert-OH is 1. The standard InChI is InChI=1S/C23H21N3O3S/c1-13(2)15-8-10-16(11-9-15)19-18(20(27)17-6-4-14(3)5-7-17)21(28)22(29)26(19)23-25-24-12-30-23/h4-13,19,27H,1-3H3/b20-18+/t19-/m0/s1. The van der Waals surface area contributed by atoms with E-state index in [1.54, 1.807) is 12.1 Å². The molecule has 1 aromatic heterocycles. The molecule has 152 valence electrons. The predicted molar refractivity (Wildman–Crippen MR) is 116 cm³/mol. The van der Waals surface area contributed by atoms with Gasteiger partial charge in [0.05, 0.1) is 11.6 Å². The van der Waals surface area contributed by atoms with Gasteiger partial charge in [0, 0.05) is 5.56 Å². The van der Waals surface area contributed by atoms with E-state index in [0.29, 0.717) is 16.6 Å². The quantitative estimate of drug-likeness (QED) is 0.380. The fourth-order valence-electron chi connectivity index (χ4n) is 3.55. The van der Waals surface area contributed by atoms with Crippen molar-refractivity contribution in [3.8, 4) is 0 Å². The van der Waals surface area contributed by atoms with E-state index in [4.69, 9.17) is 0 Å². The lowest BCUT2D eigenvalue weighted by molar-refractivity contribution is -0.132. The summed E-state index contributed by atoms with van der Waals surface area (Å²) in [5.41, 5.74) is 4.94. The Morgan fingerprint density at radius 1 is 1.07 bits per heavy atom. The average molecular weight is 420 g/mol. The smallest absolute Gasteiger partial charge is 0.301 e. The normalized spacial score (nSPS) is 18.4. The number of hydrogen-bond acceptors (Lipinski definition) is 6. The first-order valence-corrected chi connectivity index (χ1v) is 10.5. The Hall–Kier alpha value is -3.32. The zero-order valence-corrected chi connectivity index (χ0v) is 17.7. The summed E-state index contributed by atoms with van der Waals surface area (Å²) in [5, 5.41) is 19.2. The van der Waals surface area contributed by atoms with Crippen molar-refractivity contribution in [3.05, 3.63) is 81.9 Å². The highest BCUT2D eigenvalue weighted by Gasteiger charge is 2.48. The monoisotopic (exact) mass is 419 g/mol. The van der Waals surface area contributed by atoms with Crippen LogP contribution in [0.25, 0.3) is 5.76 Å². The highest BCUT2D eigenvalue weighted by Crippen LogP contribution is 2.42. The Kier molecular flexibility index (Phi) is 5.22. The predicted octanol–water partition coefficient (Wildman–Crippen LogP) is 4.60. The third-order valence-electron chi connectivity index (χ3n) is 5.24.